The van der Waals surface area contributed by atoms with Crippen molar-refractivity contribution in [1.82, 2.24) is 15.1 Å². The van der Waals surface area contributed by atoms with Crippen LogP contribution in [0.5, 0.6) is 0 Å². The molecule has 4 heterocycles. The summed E-state index contributed by atoms with van der Waals surface area (Å²) in [6.45, 7) is 7.44. The van der Waals surface area contributed by atoms with E-state index in [2.05, 4.69) is 29.4 Å². The number of likely N-dealkylation sites (tertiary alicyclic amines) is 2. The minimum atomic E-state index is -1.21. The number of amides is 3. The normalized spacial score (nSPS) is 36.4. The van der Waals surface area contributed by atoms with Gasteiger partial charge in [0.05, 0.1) is 23.0 Å². The van der Waals surface area contributed by atoms with Crippen molar-refractivity contribution in [2.45, 2.75) is 76.2 Å². The van der Waals surface area contributed by atoms with E-state index in [0.717, 1.165) is 45.2 Å². The fourth-order valence-corrected chi connectivity index (χ4v) is 7.97. The fourth-order valence-electron chi connectivity index (χ4n) is 7.79. The number of benzene rings is 1. The molecule has 0 aromatic heterocycles. The Kier molecular flexibility index (Phi) is 7.89. The molecule has 5 aliphatic rings. The minimum absolute atomic E-state index is 0.0330. The number of carbonyl (C=O) groups is 3. The highest BCUT2D eigenvalue weighted by Crippen LogP contribution is 2.55. The maximum Gasteiger partial charge on any atom is 0.246 e. The van der Waals surface area contributed by atoms with Crippen LogP contribution in [0.1, 0.15) is 52.4 Å². The maximum atomic E-state index is 14.2. The molecule has 1 saturated carbocycles. The predicted molar refractivity (Wildman–Crippen MR) is 154 cm³/mol. The van der Waals surface area contributed by atoms with Gasteiger partial charge in [-0.1, -0.05) is 56.9 Å². The van der Waals surface area contributed by atoms with E-state index in [1.54, 1.807) is 4.90 Å². The molecule has 3 amide bonds. The Hall–Kier alpha value is -2.49. The van der Waals surface area contributed by atoms with Gasteiger partial charge in [0, 0.05) is 24.8 Å². The second kappa shape index (κ2) is 11.3. The third-order valence-electron chi connectivity index (χ3n) is 10.3. The lowest BCUT2D eigenvalue weighted by molar-refractivity contribution is -0.142. The van der Waals surface area contributed by atoms with E-state index in [-0.39, 0.29) is 22.9 Å². The minimum Gasteiger partial charge on any atom is -0.359 e. The van der Waals surface area contributed by atoms with Gasteiger partial charge < -0.3 is 25.2 Å². The summed E-state index contributed by atoms with van der Waals surface area (Å²) in [5.41, 5.74) is -0.871. The Labute approximate surface area is 246 Å². The quantitative estimate of drug-likeness (QED) is 0.472. The van der Waals surface area contributed by atoms with Crippen molar-refractivity contribution in [2.24, 2.45) is 23.7 Å². The van der Waals surface area contributed by atoms with Gasteiger partial charge in [-0.2, -0.15) is 0 Å². The first-order valence-corrected chi connectivity index (χ1v) is 15.5. The van der Waals surface area contributed by atoms with E-state index < -0.39 is 41.3 Å². The van der Waals surface area contributed by atoms with Crippen LogP contribution in [0.3, 0.4) is 0 Å². The summed E-state index contributed by atoms with van der Waals surface area (Å²) in [4.78, 5) is 46.0. The van der Waals surface area contributed by atoms with E-state index in [1.807, 2.05) is 12.2 Å². The van der Waals surface area contributed by atoms with Crippen LogP contribution in [0, 0.1) is 29.5 Å². The smallest absolute Gasteiger partial charge is 0.246 e. The van der Waals surface area contributed by atoms with Crippen LogP contribution in [-0.4, -0.2) is 77.5 Å². The lowest BCUT2D eigenvalue weighted by Crippen LogP contribution is -2.58. The number of ether oxygens (including phenoxy) is 1. The van der Waals surface area contributed by atoms with Crippen LogP contribution in [0.15, 0.2) is 30.4 Å². The highest BCUT2D eigenvalue weighted by Gasteiger charge is 2.72. The van der Waals surface area contributed by atoms with E-state index in [0.29, 0.717) is 30.6 Å². The van der Waals surface area contributed by atoms with Crippen LogP contribution < -0.4 is 10.6 Å². The number of hydrogen-bond donors (Lipinski definition) is 2. The lowest BCUT2D eigenvalue weighted by Gasteiger charge is -2.38. The van der Waals surface area contributed by atoms with Crippen molar-refractivity contribution in [3.8, 4) is 0 Å². The average Bonchev–Trinajstić information content (AvgIpc) is 3.60. The number of hydrogen-bond acceptors (Lipinski definition) is 5. The van der Waals surface area contributed by atoms with Gasteiger partial charge in [0.2, 0.25) is 17.7 Å². The van der Waals surface area contributed by atoms with Gasteiger partial charge in [-0.3, -0.25) is 14.4 Å². The molecule has 1 spiro atoms. The average molecular weight is 587 g/mol. The second-order valence-corrected chi connectivity index (χ2v) is 13.0. The molecule has 4 fully saturated rings. The van der Waals surface area contributed by atoms with Crippen LogP contribution in [0.4, 0.5) is 10.1 Å². The fraction of sp³-hybridized carbons (Fsp3) is 0.645. The zero-order valence-electron chi connectivity index (χ0n) is 23.8. The number of halogens is 2. The third kappa shape index (κ3) is 5.08. The summed E-state index contributed by atoms with van der Waals surface area (Å²) in [5, 5.41) is 6.00. The van der Waals surface area contributed by atoms with Gasteiger partial charge in [0.25, 0.3) is 0 Å². The number of nitrogens with zero attached hydrogens (tertiary/aromatic N) is 2. The molecule has 8 nitrogen and oxygen atoms in total. The molecule has 41 heavy (non-hydrogen) atoms. The molecule has 10 heteroatoms. The Morgan fingerprint density at radius 2 is 1.88 bits per heavy atom. The number of nitrogens with one attached hydrogen (secondary N) is 2. The summed E-state index contributed by atoms with van der Waals surface area (Å²) < 4.78 is 20.2. The Morgan fingerprint density at radius 3 is 2.63 bits per heavy atom. The highest BCUT2D eigenvalue weighted by atomic mass is 35.5. The number of piperidine rings is 1. The molecular weight excluding hydrogens is 547 g/mol. The molecular formula is C31H40ClFN4O4. The molecule has 1 aliphatic carbocycles. The number of anilines is 1. The molecule has 2 bridgehead atoms. The predicted octanol–water partition coefficient (Wildman–Crippen LogP) is 4.00. The van der Waals surface area contributed by atoms with Crippen molar-refractivity contribution in [2.75, 3.05) is 31.5 Å². The van der Waals surface area contributed by atoms with E-state index >= 15 is 0 Å². The zero-order valence-corrected chi connectivity index (χ0v) is 24.5. The van der Waals surface area contributed by atoms with Crippen LogP contribution in [0.25, 0.3) is 0 Å². The lowest BCUT2D eigenvalue weighted by atomic mass is 9.73. The standard InChI is InChI=1S/C31H40ClFN4O4/c1-18-7-6-8-23(19(18)2)35-29(39)27-31-12-11-24(41-31)25(28(38)34-20-9-10-22(33)21(32)17-20)26(31)30(40)37(27)16-15-36-13-4-3-5-14-36/h9-12,17-19,23-27H,3-8,13-16H2,1-2H3,(H,34,38)(H,35,39)/t18-,19+,23+,24+,25-,26+,27+,31+/m1/s1. The molecule has 222 valence electrons. The van der Waals surface area contributed by atoms with Crippen molar-refractivity contribution < 1.29 is 23.5 Å². The topological polar surface area (TPSA) is 91.0 Å². The molecule has 4 aliphatic heterocycles. The Bertz CT molecular complexity index is 1240. The molecule has 1 aromatic carbocycles. The summed E-state index contributed by atoms with van der Waals surface area (Å²) in [6, 6.07) is 3.15. The first-order chi connectivity index (χ1) is 19.7. The highest BCUT2D eigenvalue weighted by molar-refractivity contribution is 6.31. The van der Waals surface area contributed by atoms with Crippen molar-refractivity contribution in [3.05, 3.63) is 41.2 Å². The zero-order chi connectivity index (χ0) is 28.9. The summed E-state index contributed by atoms with van der Waals surface area (Å²) in [5.74, 6) is -2.23. The van der Waals surface area contributed by atoms with Gasteiger partial charge in [-0.05, 0) is 62.4 Å². The van der Waals surface area contributed by atoms with Gasteiger partial charge >= 0.3 is 0 Å². The second-order valence-electron chi connectivity index (χ2n) is 12.6. The molecule has 0 unspecified atom stereocenters. The van der Waals surface area contributed by atoms with Crippen LogP contribution in [-0.2, 0) is 19.1 Å². The number of rotatable bonds is 7. The SMILES string of the molecule is C[C@H]1[C@H](C)CCC[C@@H]1NC(=O)[C@@H]1N(CCN2CCCCC2)C(=O)[C@@H]2[C@H](C(=O)Nc3ccc(F)c(Cl)c3)[C@@H]3C=C[C@]21O3. The van der Waals surface area contributed by atoms with E-state index in [9.17, 15) is 18.8 Å². The summed E-state index contributed by atoms with van der Waals surface area (Å²) >= 11 is 5.93. The monoisotopic (exact) mass is 586 g/mol. The van der Waals surface area contributed by atoms with E-state index in [1.165, 1.54) is 24.6 Å². The molecule has 1 aromatic rings. The molecule has 3 saturated heterocycles. The first-order valence-electron chi connectivity index (χ1n) is 15.2. The first kappa shape index (κ1) is 28.6. The van der Waals surface area contributed by atoms with Gasteiger partial charge in [-0.15, -0.1) is 0 Å². The van der Waals surface area contributed by atoms with Gasteiger partial charge in [0.1, 0.15) is 17.5 Å². The largest absolute Gasteiger partial charge is 0.359 e. The molecule has 6 rings (SSSR count). The van der Waals surface area contributed by atoms with Crippen molar-refractivity contribution >= 4 is 35.0 Å². The number of fused-ring (bicyclic) bond motifs is 1. The molecule has 8 atom stereocenters. The van der Waals surface area contributed by atoms with Crippen LogP contribution in [0.2, 0.25) is 5.02 Å². The van der Waals surface area contributed by atoms with Crippen molar-refractivity contribution in [3.63, 3.8) is 0 Å². The van der Waals surface area contributed by atoms with Gasteiger partial charge in [-0.25, -0.2) is 4.39 Å². The Balaban J connectivity index is 1.27. The summed E-state index contributed by atoms with van der Waals surface area (Å²) in [7, 11) is 0. The van der Waals surface area contributed by atoms with Crippen LogP contribution >= 0.6 is 11.6 Å². The summed E-state index contributed by atoms with van der Waals surface area (Å²) in [6.07, 6.45) is 9.61. The maximum absolute atomic E-state index is 14.2. The van der Waals surface area contributed by atoms with Gasteiger partial charge in [0.15, 0.2) is 0 Å². The molecule has 0 radical (unpaired) electrons. The third-order valence-corrected chi connectivity index (χ3v) is 10.5. The number of carbonyl (C=O) groups excluding carboxylic acids is 3. The Morgan fingerprint density at radius 1 is 1.10 bits per heavy atom. The molecule has 2 N–H and O–H groups in total. The van der Waals surface area contributed by atoms with E-state index in [4.69, 9.17) is 16.3 Å². The van der Waals surface area contributed by atoms with Crippen molar-refractivity contribution in [1.29, 1.82) is 0 Å².